The summed E-state index contributed by atoms with van der Waals surface area (Å²) < 4.78 is 18.8. The van der Waals surface area contributed by atoms with E-state index in [4.69, 9.17) is 15.6 Å². The van der Waals surface area contributed by atoms with E-state index in [1.807, 2.05) is 0 Å². The Labute approximate surface area is 203 Å². The number of thioether (sulfide) groups is 2. The van der Waals surface area contributed by atoms with E-state index >= 15 is 0 Å². The summed E-state index contributed by atoms with van der Waals surface area (Å²) in [5, 5.41) is 31.6. The van der Waals surface area contributed by atoms with Crippen molar-refractivity contribution in [1.82, 2.24) is 30.4 Å². The number of hydrogen-bond donors (Lipinski definition) is 4. The molecular formula is C16H21N7O8S3. The largest absolute Gasteiger partial charge is 0.480 e. The SMILES string of the molecule is CO[C@]1(NC(=O)CS(=O)C[C@H](N)C(=O)O)C(=O)N2C(C(=O)O)=C(CSc3nnnn3C)CS[C@H]21. The number of nitrogens with one attached hydrogen (secondary N) is 1. The number of aromatic nitrogens is 4. The minimum absolute atomic E-state index is 0.214. The number of β-lactam (4-membered cyclic amide) rings is 1. The lowest BCUT2D eigenvalue weighted by Crippen LogP contribution is -2.81. The number of carbonyl (C=O) groups excluding carboxylic acids is 2. The summed E-state index contributed by atoms with van der Waals surface area (Å²) in [6.07, 6.45) is 0. The molecule has 3 heterocycles. The number of rotatable bonds is 11. The molecule has 1 aromatic heterocycles. The minimum atomic E-state index is -1.91. The average molecular weight is 536 g/mol. The molecule has 1 aromatic rings. The van der Waals surface area contributed by atoms with Crippen molar-refractivity contribution >= 4 is 58.1 Å². The van der Waals surface area contributed by atoms with Gasteiger partial charge < -0.3 is 26.0 Å². The third kappa shape index (κ3) is 4.95. The topological polar surface area (TPSA) is 220 Å². The molecule has 1 saturated heterocycles. The van der Waals surface area contributed by atoms with E-state index in [0.717, 1.165) is 4.90 Å². The number of aryl methyl sites for hydroxylation is 1. The summed E-state index contributed by atoms with van der Waals surface area (Å²) >= 11 is 2.40. The van der Waals surface area contributed by atoms with Crippen LogP contribution in [0.5, 0.6) is 0 Å². The van der Waals surface area contributed by atoms with Gasteiger partial charge in [-0.25, -0.2) is 9.48 Å². The Bertz CT molecular complexity index is 1080. The molecule has 0 radical (unpaired) electrons. The number of ether oxygens (including phenoxy) is 1. The molecule has 18 heteroatoms. The Morgan fingerprint density at radius 3 is 2.71 bits per heavy atom. The van der Waals surface area contributed by atoms with Crippen LogP contribution in [0.1, 0.15) is 0 Å². The zero-order valence-electron chi connectivity index (χ0n) is 17.9. The number of methoxy groups -OCH3 is 1. The Balaban J connectivity index is 1.73. The molecule has 186 valence electrons. The van der Waals surface area contributed by atoms with E-state index in [2.05, 4.69) is 20.8 Å². The third-order valence-corrected chi connectivity index (χ3v) is 8.68. The first-order chi connectivity index (χ1) is 16.0. The van der Waals surface area contributed by atoms with Gasteiger partial charge >= 0.3 is 11.9 Å². The van der Waals surface area contributed by atoms with Crippen LogP contribution in [0, 0.1) is 0 Å². The molecule has 4 atom stereocenters. The Hall–Kier alpha value is -2.54. The molecule has 0 aliphatic carbocycles. The second-order valence-electron chi connectivity index (χ2n) is 7.15. The summed E-state index contributed by atoms with van der Waals surface area (Å²) in [5.41, 5.74) is 3.73. The maximum Gasteiger partial charge on any atom is 0.352 e. The van der Waals surface area contributed by atoms with Gasteiger partial charge in [0.15, 0.2) is 0 Å². The highest BCUT2D eigenvalue weighted by molar-refractivity contribution is 8.01. The quantitative estimate of drug-likeness (QED) is 0.128. The van der Waals surface area contributed by atoms with Gasteiger partial charge in [0.2, 0.25) is 11.1 Å². The monoisotopic (exact) mass is 535 g/mol. The van der Waals surface area contributed by atoms with E-state index in [0.29, 0.717) is 10.7 Å². The molecule has 2 amide bonds. The van der Waals surface area contributed by atoms with Crippen LogP contribution in [0.2, 0.25) is 0 Å². The number of nitrogens with two attached hydrogens (primary N) is 1. The van der Waals surface area contributed by atoms with Crippen molar-refractivity contribution in [3.05, 3.63) is 11.3 Å². The molecule has 3 rings (SSSR count). The summed E-state index contributed by atoms with van der Waals surface area (Å²) in [6, 6.07) is -1.41. The fraction of sp³-hybridized carbons (Fsp3) is 0.562. The Kier molecular flexibility index (Phi) is 7.96. The molecule has 1 fully saturated rings. The van der Waals surface area contributed by atoms with Crippen molar-refractivity contribution in [3.63, 3.8) is 0 Å². The smallest absolute Gasteiger partial charge is 0.352 e. The first-order valence-electron chi connectivity index (χ1n) is 9.47. The van der Waals surface area contributed by atoms with Crippen LogP contribution < -0.4 is 11.1 Å². The van der Waals surface area contributed by atoms with Gasteiger partial charge in [-0.05, 0) is 16.0 Å². The average Bonchev–Trinajstić information content (AvgIpc) is 3.19. The molecule has 0 aromatic carbocycles. The fourth-order valence-corrected chi connectivity index (χ4v) is 6.72. The van der Waals surface area contributed by atoms with Crippen LogP contribution in [0.15, 0.2) is 16.4 Å². The van der Waals surface area contributed by atoms with Gasteiger partial charge in [-0.1, -0.05) is 11.8 Å². The highest BCUT2D eigenvalue weighted by Gasteiger charge is 2.66. The van der Waals surface area contributed by atoms with Gasteiger partial charge in [-0.2, -0.15) is 0 Å². The third-order valence-electron chi connectivity index (χ3n) is 4.89. The highest BCUT2D eigenvalue weighted by Crippen LogP contribution is 2.47. The lowest BCUT2D eigenvalue weighted by molar-refractivity contribution is -0.192. The van der Waals surface area contributed by atoms with Crippen molar-refractivity contribution in [2.75, 3.05) is 30.1 Å². The molecule has 0 saturated carbocycles. The molecule has 34 heavy (non-hydrogen) atoms. The van der Waals surface area contributed by atoms with Gasteiger partial charge in [0, 0.05) is 42.2 Å². The molecule has 0 bridgehead atoms. The van der Waals surface area contributed by atoms with Crippen molar-refractivity contribution in [3.8, 4) is 0 Å². The zero-order valence-corrected chi connectivity index (χ0v) is 20.3. The van der Waals surface area contributed by atoms with Crippen LogP contribution >= 0.6 is 23.5 Å². The number of tetrazole rings is 1. The summed E-state index contributed by atoms with van der Waals surface area (Å²) in [6.45, 7) is 0. The number of carboxylic acids is 2. The van der Waals surface area contributed by atoms with Crippen LogP contribution in [0.25, 0.3) is 0 Å². The Morgan fingerprint density at radius 1 is 1.44 bits per heavy atom. The summed E-state index contributed by atoms with van der Waals surface area (Å²) in [4.78, 5) is 49.3. The predicted octanol–water partition coefficient (Wildman–Crippen LogP) is -2.82. The Morgan fingerprint density at radius 2 is 2.15 bits per heavy atom. The van der Waals surface area contributed by atoms with E-state index in [1.165, 1.54) is 35.3 Å². The number of nitrogens with zero attached hydrogens (tertiary/aromatic N) is 5. The normalized spacial score (nSPS) is 23.7. The van der Waals surface area contributed by atoms with Crippen molar-refractivity contribution < 1.29 is 38.3 Å². The highest BCUT2D eigenvalue weighted by atomic mass is 32.2. The van der Waals surface area contributed by atoms with E-state index < -0.39 is 63.2 Å². The number of fused-ring (bicyclic) bond motifs is 1. The molecule has 15 nitrogen and oxygen atoms in total. The van der Waals surface area contributed by atoms with E-state index in [-0.39, 0.29) is 17.2 Å². The first kappa shape index (κ1) is 26.1. The number of amides is 2. The number of hydrogen-bond acceptors (Lipinski definition) is 12. The lowest BCUT2D eigenvalue weighted by Gasteiger charge is -2.55. The van der Waals surface area contributed by atoms with Crippen molar-refractivity contribution in [2.45, 2.75) is 22.3 Å². The van der Waals surface area contributed by atoms with Crippen LogP contribution in [-0.2, 0) is 41.8 Å². The van der Waals surface area contributed by atoms with Gasteiger partial charge in [0.05, 0.1) is 0 Å². The number of carbonyl (C=O) groups is 4. The molecular weight excluding hydrogens is 514 g/mol. The first-order valence-corrected chi connectivity index (χ1v) is 13.0. The molecule has 2 aliphatic rings. The second-order valence-corrected chi connectivity index (χ2v) is 10.7. The molecule has 0 spiro atoms. The fourth-order valence-electron chi connectivity index (χ4n) is 3.27. The number of aliphatic carboxylic acids is 2. The van der Waals surface area contributed by atoms with Crippen molar-refractivity contribution in [2.24, 2.45) is 12.8 Å². The minimum Gasteiger partial charge on any atom is -0.480 e. The van der Waals surface area contributed by atoms with Crippen LogP contribution in [0.3, 0.4) is 0 Å². The van der Waals surface area contributed by atoms with Gasteiger partial charge in [0.1, 0.15) is 22.9 Å². The van der Waals surface area contributed by atoms with Crippen molar-refractivity contribution in [1.29, 1.82) is 0 Å². The van der Waals surface area contributed by atoms with Crippen LogP contribution in [0.4, 0.5) is 0 Å². The molecule has 5 N–H and O–H groups in total. The van der Waals surface area contributed by atoms with Gasteiger partial charge in [-0.3, -0.25) is 23.5 Å². The maximum absolute atomic E-state index is 13.0. The standard InChI is InChI=1S/C16H21N7O8S3/c1-22-15(19-20-21-22)33-4-7-3-32-14-16(31-2,13(29)23(14)10(7)12(27)28)18-9(24)6-34(30)5-8(17)11(25)26/h8,14H,3-6,17H2,1-2H3,(H,18,24)(H,25,26)(H,27,28)/t8-,14-,16+,34?/m0/s1. The van der Waals surface area contributed by atoms with E-state index in [9.17, 15) is 28.5 Å². The molecule has 2 aliphatic heterocycles. The van der Waals surface area contributed by atoms with Gasteiger partial charge in [-0.15, -0.1) is 16.9 Å². The van der Waals surface area contributed by atoms with Gasteiger partial charge in [0.25, 0.3) is 11.6 Å². The second kappa shape index (κ2) is 10.4. The summed E-state index contributed by atoms with van der Waals surface area (Å²) in [7, 11) is 0.916. The maximum atomic E-state index is 13.0. The number of carboxylic acid groups (broad SMARTS) is 2. The predicted molar refractivity (Wildman–Crippen MR) is 119 cm³/mol. The zero-order chi connectivity index (χ0) is 25.2. The van der Waals surface area contributed by atoms with E-state index in [1.54, 1.807) is 7.05 Å². The lowest BCUT2D eigenvalue weighted by atomic mass is 9.98. The van der Waals surface area contributed by atoms with Crippen LogP contribution in [-0.4, -0.2) is 111 Å². The summed E-state index contributed by atoms with van der Waals surface area (Å²) in [5.74, 6) is -4.91. The molecule has 1 unspecified atom stereocenters.